The van der Waals surface area contributed by atoms with Gasteiger partial charge in [-0.2, -0.15) is 0 Å². The van der Waals surface area contributed by atoms with Crippen LogP contribution in [0.15, 0.2) is 71.9 Å². The fourth-order valence-corrected chi connectivity index (χ4v) is 5.58. The molecule has 4 rings (SSSR count). The average Bonchev–Trinajstić information content (AvgIpc) is 3.26. The molecular formula is C30H33N3O7S. The summed E-state index contributed by atoms with van der Waals surface area (Å²) in [7, 11) is -2.62. The minimum absolute atomic E-state index is 0.162. The van der Waals surface area contributed by atoms with Crippen molar-refractivity contribution in [3.63, 3.8) is 0 Å². The van der Waals surface area contributed by atoms with E-state index in [4.69, 9.17) is 14.2 Å². The summed E-state index contributed by atoms with van der Waals surface area (Å²) >= 11 is 0. The van der Waals surface area contributed by atoms with Crippen molar-refractivity contribution in [3.05, 3.63) is 83.7 Å². The smallest absolute Gasteiger partial charge is 0.408 e. The Morgan fingerprint density at radius 2 is 1.66 bits per heavy atom. The van der Waals surface area contributed by atoms with Crippen molar-refractivity contribution in [2.75, 3.05) is 7.11 Å². The molecule has 216 valence electrons. The summed E-state index contributed by atoms with van der Waals surface area (Å²) in [6.45, 7) is 8.88. The van der Waals surface area contributed by atoms with Crippen LogP contribution in [0.25, 0.3) is 11.0 Å². The van der Waals surface area contributed by atoms with Gasteiger partial charge in [0, 0.05) is 18.8 Å². The lowest BCUT2D eigenvalue weighted by Crippen LogP contribution is -2.45. The van der Waals surface area contributed by atoms with E-state index in [1.54, 1.807) is 82.3 Å². The highest BCUT2D eigenvalue weighted by Crippen LogP contribution is 2.34. The molecule has 10 nitrogen and oxygen atoms in total. The van der Waals surface area contributed by atoms with Crippen LogP contribution in [0.5, 0.6) is 11.5 Å². The van der Waals surface area contributed by atoms with Crippen molar-refractivity contribution in [3.8, 4) is 11.5 Å². The lowest BCUT2D eigenvalue weighted by atomic mass is 10.1. The molecule has 0 saturated heterocycles. The number of methoxy groups -OCH3 is 1. The molecule has 1 atom stereocenters. The van der Waals surface area contributed by atoms with Crippen molar-refractivity contribution < 1.29 is 32.2 Å². The van der Waals surface area contributed by atoms with E-state index in [9.17, 15) is 18.0 Å². The average molecular weight is 580 g/mol. The largest absolute Gasteiger partial charge is 0.467 e. The van der Waals surface area contributed by atoms with Crippen LogP contribution in [-0.4, -0.2) is 48.2 Å². The molecule has 41 heavy (non-hydrogen) atoms. The van der Waals surface area contributed by atoms with Crippen molar-refractivity contribution in [2.45, 2.75) is 57.6 Å². The number of benzene rings is 2. The molecule has 0 radical (unpaired) electrons. The van der Waals surface area contributed by atoms with Gasteiger partial charge in [-0.25, -0.2) is 27.0 Å². The third-order valence-electron chi connectivity index (χ3n) is 6.15. The number of rotatable bonds is 8. The molecule has 1 N–H and O–H groups in total. The Hall–Kier alpha value is -4.38. The predicted molar refractivity (Wildman–Crippen MR) is 154 cm³/mol. The van der Waals surface area contributed by atoms with Gasteiger partial charge in [-0.3, -0.25) is 0 Å². The van der Waals surface area contributed by atoms with Gasteiger partial charge >= 0.3 is 12.1 Å². The molecule has 0 fully saturated rings. The zero-order valence-electron chi connectivity index (χ0n) is 23.8. The number of aromatic nitrogens is 2. The van der Waals surface area contributed by atoms with Gasteiger partial charge in [0.2, 0.25) is 0 Å². The zero-order valence-corrected chi connectivity index (χ0v) is 24.6. The maximum Gasteiger partial charge on any atom is 0.408 e. The molecule has 0 bridgehead atoms. The molecule has 2 aromatic heterocycles. The lowest BCUT2D eigenvalue weighted by Gasteiger charge is -2.22. The van der Waals surface area contributed by atoms with Crippen LogP contribution in [0, 0.1) is 13.8 Å². The number of ether oxygens (including phenoxy) is 3. The van der Waals surface area contributed by atoms with Crippen molar-refractivity contribution >= 4 is 33.1 Å². The number of nitrogens with zero attached hydrogens (tertiary/aromatic N) is 2. The van der Waals surface area contributed by atoms with Crippen molar-refractivity contribution in [2.24, 2.45) is 0 Å². The van der Waals surface area contributed by atoms with Crippen LogP contribution in [0.3, 0.4) is 0 Å². The first-order valence-corrected chi connectivity index (χ1v) is 14.4. The summed E-state index contributed by atoms with van der Waals surface area (Å²) in [5.41, 5.74) is 1.93. The molecule has 0 aliphatic rings. The van der Waals surface area contributed by atoms with Crippen LogP contribution in [0.2, 0.25) is 0 Å². The van der Waals surface area contributed by atoms with Crippen LogP contribution < -0.4 is 10.1 Å². The molecule has 4 aromatic rings. The highest BCUT2D eigenvalue weighted by atomic mass is 32.2. The van der Waals surface area contributed by atoms with Gasteiger partial charge < -0.3 is 19.5 Å². The summed E-state index contributed by atoms with van der Waals surface area (Å²) in [4.78, 5) is 29.0. The number of hydrogen-bond donors (Lipinski definition) is 1. The van der Waals surface area contributed by atoms with Crippen LogP contribution in [0.1, 0.15) is 37.5 Å². The highest BCUT2D eigenvalue weighted by Gasteiger charge is 2.26. The summed E-state index contributed by atoms with van der Waals surface area (Å²) in [6.07, 6.45) is 2.48. The topological polar surface area (TPSA) is 126 Å². The molecule has 1 unspecified atom stereocenters. The number of hydrogen-bond acceptors (Lipinski definition) is 8. The van der Waals surface area contributed by atoms with E-state index >= 15 is 0 Å². The van der Waals surface area contributed by atoms with Crippen LogP contribution in [0.4, 0.5) is 4.79 Å². The number of pyridine rings is 1. The second-order valence-corrected chi connectivity index (χ2v) is 12.4. The maximum atomic E-state index is 13.4. The summed E-state index contributed by atoms with van der Waals surface area (Å²) in [6, 6.07) is 14.3. The Labute approximate surface area is 239 Å². The molecular weight excluding hydrogens is 546 g/mol. The van der Waals surface area contributed by atoms with E-state index in [-0.39, 0.29) is 17.0 Å². The quantitative estimate of drug-likeness (QED) is 0.279. The first kappa shape index (κ1) is 29.6. The van der Waals surface area contributed by atoms with Crippen LogP contribution in [-0.2, 0) is 30.7 Å². The van der Waals surface area contributed by atoms with E-state index in [0.717, 1.165) is 11.1 Å². The van der Waals surface area contributed by atoms with E-state index in [2.05, 4.69) is 10.3 Å². The van der Waals surface area contributed by atoms with Gasteiger partial charge in [-0.15, -0.1) is 0 Å². The predicted octanol–water partition coefficient (Wildman–Crippen LogP) is 5.29. The Morgan fingerprint density at radius 3 is 2.27 bits per heavy atom. The van der Waals surface area contributed by atoms with Gasteiger partial charge in [0.25, 0.3) is 10.0 Å². The molecule has 2 aromatic carbocycles. The molecule has 0 saturated carbocycles. The van der Waals surface area contributed by atoms with Gasteiger partial charge in [0.05, 0.1) is 17.4 Å². The number of nitrogens with one attached hydrogen (secondary N) is 1. The second-order valence-electron chi connectivity index (χ2n) is 10.6. The lowest BCUT2D eigenvalue weighted by molar-refractivity contribution is -0.143. The van der Waals surface area contributed by atoms with Gasteiger partial charge in [0.15, 0.2) is 5.65 Å². The fraction of sp³-hybridized carbons (Fsp3) is 0.300. The normalized spacial score (nSPS) is 12.5. The Bertz CT molecular complexity index is 1670. The maximum absolute atomic E-state index is 13.4. The number of fused-ring (bicyclic) bond motifs is 1. The van der Waals surface area contributed by atoms with E-state index in [0.29, 0.717) is 22.4 Å². The van der Waals surface area contributed by atoms with Crippen molar-refractivity contribution in [1.29, 1.82) is 0 Å². The minimum atomic E-state index is -3.87. The van der Waals surface area contributed by atoms with Gasteiger partial charge in [-0.05, 0) is 76.1 Å². The molecule has 1 amide bonds. The third kappa shape index (κ3) is 6.86. The number of aryl methyl sites for hydroxylation is 2. The Morgan fingerprint density at radius 1 is 1.00 bits per heavy atom. The SMILES string of the molecule is COC(=O)C(Cc1ccc(Oc2ccnc3c2c(C)cn3S(=O)(=O)c2ccc(C)cc2)cc1)NC(=O)OC(C)(C)C. The Kier molecular flexibility index (Phi) is 8.39. The zero-order chi connectivity index (χ0) is 29.9. The second kappa shape index (κ2) is 11.6. The van der Waals surface area contributed by atoms with E-state index in [1.165, 1.54) is 23.5 Å². The monoisotopic (exact) mass is 579 g/mol. The molecule has 2 heterocycles. The molecule has 0 aliphatic heterocycles. The fourth-order valence-electron chi connectivity index (χ4n) is 4.21. The first-order valence-electron chi connectivity index (χ1n) is 12.9. The van der Waals surface area contributed by atoms with E-state index in [1.807, 2.05) is 6.92 Å². The number of carbonyl (C=O) groups is 2. The first-order chi connectivity index (χ1) is 19.3. The third-order valence-corrected chi connectivity index (χ3v) is 7.82. The Balaban J connectivity index is 1.56. The van der Waals surface area contributed by atoms with Gasteiger partial charge in [0.1, 0.15) is 23.1 Å². The highest BCUT2D eigenvalue weighted by molar-refractivity contribution is 7.90. The number of carbonyl (C=O) groups excluding carboxylic acids is 2. The van der Waals surface area contributed by atoms with Crippen molar-refractivity contribution in [1.82, 2.24) is 14.3 Å². The number of alkyl carbamates (subject to hydrolysis) is 1. The summed E-state index contributed by atoms with van der Waals surface area (Å²) in [5.74, 6) is 0.331. The molecule has 0 spiro atoms. The number of esters is 1. The summed E-state index contributed by atoms with van der Waals surface area (Å²) in [5, 5.41) is 3.13. The van der Waals surface area contributed by atoms with E-state index < -0.39 is 33.7 Å². The number of amides is 1. The summed E-state index contributed by atoms with van der Waals surface area (Å²) < 4.78 is 44.2. The molecule has 0 aliphatic carbocycles. The molecule has 11 heteroatoms. The van der Waals surface area contributed by atoms with Gasteiger partial charge in [-0.1, -0.05) is 29.8 Å². The standard InChI is InChI=1S/C30H33N3O7S/c1-19-7-13-23(14-8-19)41(36,37)33-18-20(2)26-25(15-16-31-27(26)33)39-22-11-9-21(10-12-22)17-24(28(34)38-6)32-29(35)40-30(3,4)5/h7-16,18,24H,17H2,1-6H3,(H,32,35). The van der Waals surface area contributed by atoms with Crippen LogP contribution >= 0.6 is 0 Å². The minimum Gasteiger partial charge on any atom is -0.467 e.